The summed E-state index contributed by atoms with van der Waals surface area (Å²) >= 11 is 0. The van der Waals surface area contributed by atoms with E-state index < -0.39 is 0 Å². The first-order chi connectivity index (χ1) is 13.6. The van der Waals surface area contributed by atoms with Gasteiger partial charge in [0.1, 0.15) is 6.61 Å². The minimum atomic E-state index is -0.270. The minimum Gasteiger partial charge on any atom is -0.460 e. The largest absolute Gasteiger partial charge is 0.460 e. The fourth-order valence-electron chi connectivity index (χ4n) is 4.49. The number of carbonyl (C=O) groups is 1. The quantitative estimate of drug-likeness (QED) is 0.582. The predicted octanol–water partition coefficient (Wildman–Crippen LogP) is 3.89. The molecule has 4 rings (SSSR count). The first-order valence-electron chi connectivity index (χ1n) is 10.7. The van der Waals surface area contributed by atoms with Gasteiger partial charge >= 0.3 is 5.97 Å². The molecule has 5 heteroatoms. The van der Waals surface area contributed by atoms with Crippen LogP contribution in [0.1, 0.15) is 54.9 Å². The lowest BCUT2D eigenvalue weighted by Crippen LogP contribution is -2.26. The maximum Gasteiger partial charge on any atom is 0.359 e. The molecule has 5 nitrogen and oxygen atoms in total. The Hall–Kier alpha value is -2.14. The SMILES string of the molecule is CC1CN(CCOC(=O)c2nn(-c3ccccc3)c3c2CCCCC3)CC1C. The monoisotopic (exact) mass is 381 g/mol. The summed E-state index contributed by atoms with van der Waals surface area (Å²) in [5.74, 6) is 1.16. The summed E-state index contributed by atoms with van der Waals surface area (Å²) in [5.41, 5.74) is 3.80. The number of hydrogen-bond acceptors (Lipinski definition) is 4. The molecular formula is C23H31N3O2. The van der Waals surface area contributed by atoms with Crippen LogP contribution in [-0.4, -0.2) is 46.9 Å². The highest BCUT2D eigenvalue weighted by Crippen LogP contribution is 2.27. The summed E-state index contributed by atoms with van der Waals surface area (Å²) < 4.78 is 7.62. The molecule has 150 valence electrons. The average Bonchev–Trinajstić information content (AvgIpc) is 3.11. The van der Waals surface area contributed by atoms with Crippen LogP contribution >= 0.6 is 0 Å². The molecule has 2 unspecified atom stereocenters. The van der Waals surface area contributed by atoms with Crippen molar-refractivity contribution in [2.45, 2.75) is 46.0 Å². The molecule has 2 heterocycles. The van der Waals surface area contributed by atoms with E-state index in [9.17, 15) is 4.79 Å². The Bertz CT molecular complexity index is 805. The Morgan fingerprint density at radius 3 is 2.54 bits per heavy atom. The zero-order chi connectivity index (χ0) is 19.5. The molecule has 0 bridgehead atoms. The summed E-state index contributed by atoms with van der Waals surface area (Å²) in [4.78, 5) is 15.3. The van der Waals surface area contributed by atoms with E-state index in [2.05, 4.69) is 18.7 Å². The van der Waals surface area contributed by atoms with Crippen molar-refractivity contribution in [2.24, 2.45) is 11.8 Å². The van der Waals surface area contributed by atoms with Gasteiger partial charge in [0.15, 0.2) is 5.69 Å². The molecule has 0 saturated carbocycles. The van der Waals surface area contributed by atoms with E-state index in [1.165, 1.54) is 12.1 Å². The minimum absolute atomic E-state index is 0.270. The second-order valence-corrected chi connectivity index (χ2v) is 8.43. The molecule has 0 amide bonds. The van der Waals surface area contributed by atoms with Crippen molar-refractivity contribution in [1.29, 1.82) is 0 Å². The van der Waals surface area contributed by atoms with Gasteiger partial charge in [0, 0.05) is 30.9 Å². The summed E-state index contributed by atoms with van der Waals surface area (Å²) in [5, 5.41) is 4.71. The fourth-order valence-corrected chi connectivity index (χ4v) is 4.49. The molecule has 1 fully saturated rings. The molecule has 1 aliphatic heterocycles. The highest BCUT2D eigenvalue weighted by Gasteiger charge is 2.27. The van der Waals surface area contributed by atoms with E-state index in [0.717, 1.165) is 56.6 Å². The number of ether oxygens (including phenoxy) is 1. The highest BCUT2D eigenvalue weighted by molar-refractivity contribution is 5.89. The lowest BCUT2D eigenvalue weighted by molar-refractivity contribution is 0.0462. The number of hydrogen-bond donors (Lipinski definition) is 0. The zero-order valence-electron chi connectivity index (χ0n) is 17.1. The lowest BCUT2D eigenvalue weighted by Gasteiger charge is -2.15. The molecule has 0 radical (unpaired) electrons. The maximum absolute atomic E-state index is 12.9. The number of fused-ring (bicyclic) bond motifs is 1. The number of benzene rings is 1. The smallest absolute Gasteiger partial charge is 0.359 e. The van der Waals surface area contributed by atoms with Crippen LogP contribution in [0.4, 0.5) is 0 Å². The van der Waals surface area contributed by atoms with Crippen molar-refractivity contribution in [2.75, 3.05) is 26.2 Å². The van der Waals surface area contributed by atoms with Crippen molar-refractivity contribution in [3.63, 3.8) is 0 Å². The van der Waals surface area contributed by atoms with Gasteiger partial charge in [0.25, 0.3) is 0 Å². The van der Waals surface area contributed by atoms with Crippen molar-refractivity contribution in [3.8, 4) is 5.69 Å². The van der Waals surface area contributed by atoms with Crippen molar-refractivity contribution >= 4 is 5.97 Å². The molecule has 1 saturated heterocycles. The van der Waals surface area contributed by atoms with Gasteiger partial charge in [-0.2, -0.15) is 5.10 Å². The molecule has 1 aromatic heterocycles. The maximum atomic E-state index is 12.9. The van der Waals surface area contributed by atoms with Gasteiger partial charge in [0.2, 0.25) is 0 Å². The average molecular weight is 382 g/mol. The van der Waals surface area contributed by atoms with E-state index in [4.69, 9.17) is 9.84 Å². The number of carbonyl (C=O) groups excluding carboxylic acids is 1. The van der Waals surface area contributed by atoms with E-state index in [-0.39, 0.29) is 5.97 Å². The molecule has 0 spiro atoms. The third kappa shape index (κ3) is 4.00. The van der Waals surface area contributed by atoms with Crippen LogP contribution in [-0.2, 0) is 17.6 Å². The van der Waals surface area contributed by atoms with Gasteiger partial charge < -0.3 is 4.74 Å². The first kappa shape index (κ1) is 19.2. The van der Waals surface area contributed by atoms with Crippen LogP contribution in [0.5, 0.6) is 0 Å². The molecule has 1 aromatic carbocycles. The molecular weight excluding hydrogens is 350 g/mol. The molecule has 2 aromatic rings. The molecule has 2 atom stereocenters. The fraction of sp³-hybridized carbons (Fsp3) is 0.565. The Morgan fingerprint density at radius 1 is 1.07 bits per heavy atom. The normalized spacial score (nSPS) is 22.6. The van der Waals surface area contributed by atoms with Crippen LogP contribution in [0.25, 0.3) is 5.69 Å². The van der Waals surface area contributed by atoms with E-state index in [1.807, 2.05) is 35.0 Å². The molecule has 28 heavy (non-hydrogen) atoms. The standard InChI is InChI=1S/C23H31N3O2/c1-17-15-25(16-18(17)2)13-14-28-23(27)22-20-11-7-4-8-12-21(20)26(24-22)19-9-5-3-6-10-19/h3,5-6,9-10,17-18H,4,7-8,11-16H2,1-2H3. The summed E-state index contributed by atoms with van der Waals surface area (Å²) in [6, 6.07) is 10.1. The Labute approximate surface area is 167 Å². The second-order valence-electron chi connectivity index (χ2n) is 8.43. The first-order valence-corrected chi connectivity index (χ1v) is 10.7. The lowest BCUT2D eigenvalue weighted by atomic mass is 10.0. The third-order valence-corrected chi connectivity index (χ3v) is 6.33. The number of nitrogens with zero attached hydrogens (tertiary/aromatic N) is 3. The van der Waals surface area contributed by atoms with Gasteiger partial charge in [-0.05, 0) is 49.7 Å². The third-order valence-electron chi connectivity index (χ3n) is 6.33. The van der Waals surface area contributed by atoms with Gasteiger partial charge in [-0.1, -0.05) is 38.5 Å². The van der Waals surface area contributed by atoms with Crippen LogP contribution < -0.4 is 0 Å². The predicted molar refractivity (Wildman–Crippen MR) is 110 cm³/mol. The second kappa shape index (κ2) is 8.48. The number of esters is 1. The van der Waals surface area contributed by atoms with Crippen molar-refractivity contribution in [3.05, 3.63) is 47.3 Å². The van der Waals surface area contributed by atoms with Crippen LogP contribution in [0, 0.1) is 11.8 Å². The summed E-state index contributed by atoms with van der Waals surface area (Å²) in [6.07, 6.45) is 5.33. The number of rotatable bonds is 5. The van der Waals surface area contributed by atoms with Gasteiger partial charge in [-0.15, -0.1) is 0 Å². The molecule has 1 aliphatic carbocycles. The van der Waals surface area contributed by atoms with Gasteiger partial charge in [-0.25, -0.2) is 9.48 Å². The number of likely N-dealkylation sites (tertiary alicyclic amines) is 1. The van der Waals surface area contributed by atoms with Crippen molar-refractivity contribution in [1.82, 2.24) is 14.7 Å². The van der Waals surface area contributed by atoms with Crippen LogP contribution in [0.3, 0.4) is 0 Å². The van der Waals surface area contributed by atoms with E-state index in [0.29, 0.717) is 24.1 Å². The zero-order valence-corrected chi connectivity index (χ0v) is 17.1. The Kier molecular flexibility index (Phi) is 5.81. The van der Waals surface area contributed by atoms with E-state index >= 15 is 0 Å². The Morgan fingerprint density at radius 2 is 1.79 bits per heavy atom. The summed E-state index contributed by atoms with van der Waals surface area (Å²) in [7, 11) is 0. The Balaban J connectivity index is 1.49. The van der Waals surface area contributed by atoms with E-state index in [1.54, 1.807) is 0 Å². The highest BCUT2D eigenvalue weighted by atomic mass is 16.5. The topological polar surface area (TPSA) is 47.4 Å². The van der Waals surface area contributed by atoms with Gasteiger partial charge in [-0.3, -0.25) is 4.90 Å². The number of para-hydroxylation sites is 1. The van der Waals surface area contributed by atoms with Crippen LogP contribution in [0.2, 0.25) is 0 Å². The van der Waals surface area contributed by atoms with Crippen LogP contribution in [0.15, 0.2) is 30.3 Å². The summed E-state index contributed by atoms with van der Waals surface area (Å²) in [6.45, 7) is 8.02. The van der Waals surface area contributed by atoms with Gasteiger partial charge in [0.05, 0.1) is 5.69 Å². The number of aromatic nitrogens is 2. The molecule has 0 N–H and O–H groups in total. The van der Waals surface area contributed by atoms with Crippen molar-refractivity contribution < 1.29 is 9.53 Å². The molecule has 2 aliphatic rings.